The van der Waals surface area contributed by atoms with Crippen LogP contribution < -0.4 is 16.0 Å². The van der Waals surface area contributed by atoms with Gasteiger partial charge in [-0.25, -0.2) is 0 Å². The molecule has 7 rings (SSSR count). The highest BCUT2D eigenvalue weighted by Crippen LogP contribution is 2.34. The Bertz CT molecular complexity index is 2410. The molecule has 4 heterocycles. The number of alkyl halides is 3. The molecule has 2 aliphatic rings. The number of benzene rings is 3. The van der Waals surface area contributed by atoms with Gasteiger partial charge in [-0.1, -0.05) is 6.07 Å². The summed E-state index contributed by atoms with van der Waals surface area (Å²) in [6, 6.07) is 13.6. The molecule has 1 atom stereocenters. The number of ether oxygens (including phenoxy) is 4. The second-order valence-corrected chi connectivity index (χ2v) is 13.8. The summed E-state index contributed by atoms with van der Waals surface area (Å²) in [5, 5.41) is 17.6. The van der Waals surface area contributed by atoms with Crippen LogP contribution >= 0.6 is 0 Å². The summed E-state index contributed by atoms with van der Waals surface area (Å²) in [6.07, 6.45) is -4.34. The highest BCUT2D eigenvalue weighted by molar-refractivity contribution is 6.25. The minimum absolute atomic E-state index is 0.0439. The van der Waals surface area contributed by atoms with E-state index in [9.17, 15) is 37.1 Å². The first kappa shape index (κ1) is 41.9. The van der Waals surface area contributed by atoms with Crippen molar-refractivity contribution >= 4 is 57.3 Å². The molecule has 5 amide bonds. The lowest BCUT2D eigenvalue weighted by molar-refractivity contribution is -0.138. The Labute approximate surface area is 340 Å². The first-order valence-electron chi connectivity index (χ1n) is 19.1. The molecule has 0 radical (unpaired) electrons. The van der Waals surface area contributed by atoms with Gasteiger partial charge in [0.25, 0.3) is 17.7 Å². The number of nitrogens with zero attached hydrogens (tertiary/aromatic N) is 5. The van der Waals surface area contributed by atoms with Crippen LogP contribution in [0.1, 0.15) is 49.5 Å². The molecule has 17 nitrogen and oxygen atoms in total. The monoisotopic (exact) mass is 834 g/mol. The van der Waals surface area contributed by atoms with Crippen molar-refractivity contribution in [3.05, 3.63) is 82.9 Å². The summed E-state index contributed by atoms with van der Waals surface area (Å²) in [5.74, 6) is -2.59. The average Bonchev–Trinajstić information content (AvgIpc) is 3.83. The lowest BCUT2D eigenvalue weighted by Gasteiger charge is -2.27. The topological polar surface area (TPSA) is 197 Å². The fourth-order valence-corrected chi connectivity index (χ4v) is 6.98. The first-order valence-corrected chi connectivity index (χ1v) is 19.1. The molecule has 3 N–H and O–H groups in total. The number of imide groups is 2. The standard InChI is InChI=1S/C40H41F3N8O9/c1-49-47-34-28-23-24(5-10-30(28)50(35(34)48-49)26-8-6-25(7-9-26)40(41,42)43)36(53)45-14-16-58-18-20-60-22-21-59-19-17-57-15-13-44-29-4-2-3-27-33(29)39(56)51(38(27)55)31-11-12-32(52)46-37(31)54/h2-10,23,31,44H,11-22H2,1H3,(H,45,53)(H,46,52,54). The van der Waals surface area contributed by atoms with Crippen LogP contribution in [0, 0.1) is 0 Å². The number of piperidine rings is 1. The third-order valence-corrected chi connectivity index (χ3v) is 9.79. The van der Waals surface area contributed by atoms with Crippen LogP contribution in [0.15, 0.2) is 60.7 Å². The largest absolute Gasteiger partial charge is 0.416 e. The summed E-state index contributed by atoms with van der Waals surface area (Å²) in [5.41, 5.74) is 2.49. The summed E-state index contributed by atoms with van der Waals surface area (Å²) >= 11 is 0. The van der Waals surface area contributed by atoms with E-state index < -0.39 is 41.4 Å². The predicted molar refractivity (Wildman–Crippen MR) is 208 cm³/mol. The minimum Gasteiger partial charge on any atom is -0.382 e. The molecule has 1 fully saturated rings. The van der Waals surface area contributed by atoms with Gasteiger partial charge < -0.3 is 29.6 Å². The van der Waals surface area contributed by atoms with E-state index in [-0.39, 0.29) is 43.0 Å². The van der Waals surface area contributed by atoms with E-state index in [1.807, 2.05) is 0 Å². The maximum Gasteiger partial charge on any atom is 0.416 e. The van der Waals surface area contributed by atoms with Crippen LogP contribution in [0.3, 0.4) is 0 Å². The van der Waals surface area contributed by atoms with E-state index in [0.717, 1.165) is 17.0 Å². The summed E-state index contributed by atoms with van der Waals surface area (Å²) in [6.45, 7) is 3.09. The van der Waals surface area contributed by atoms with Crippen molar-refractivity contribution in [3.63, 3.8) is 0 Å². The smallest absolute Gasteiger partial charge is 0.382 e. The quantitative estimate of drug-likeness (QED) is 0.0813. The van der Waals surface area contributed by atoms with Gasteiger partial charge in [-0.2, -0.15) is 23.1 Å². The second kappa shape index (κ2) is 18.4. The molecule has 60 heavy (non-hydrogen) atoms. The number of hydrogen-bond donors (Lipinski definition) is 3. The van der Waals surface area contributed by atoms with Crippen LogP contribution in [0.5, 0.6) is 0 Å². The van der Waals surface area contributed by atoms with Gasteiger partial charge in [-0.3, -0.25) is 38.8 Å². The number of carbonyl (C=O) groups is 5. The number of fused-ring (bicyclic) bond motifs is 4. The SMILES string of the molecule is Cn1nc2c3cc(C(=O)NCCOCCOCCOCCOCCNc4cccc5c4C(=O)N(C4CCC(=O)NC4=O)C5=O)ccc3n(-c3ccc(C(F)(F)F)cc3)c2n1. The van der Waals surface area contributed by atoms with E-state index in [1.54, 1.807) is 41.9 Å². The van der Waals surface area contributed by atoms with Crippen LogP contribution in [0.2, 0.25) is 0 Å². The van der Waals surface area contributed by atoms with Crippen LogP contribution in [0.25, 0.3) is 27.8 Å². The van der Waals surface area contributed by atoms with E-state index in [0.29, 0.717) is 91.8 Å². The Morgan fingerprint density at radius 2 is 1.50 bits per heavy atom. The number of halogens is 3. The molecule has 0 aliphatic carbocycles. The van der Waals surface area contributed by atoms with Gasteiger partial charge in [0, 0.05) is 48.9 Å². The van der Waals surface area contributed by atoms with Crippen LogP contribution in [-0.2, 0) is 41.8 Å². The van der Waals surface area contributed by atoms with Gasteiger partial charge in [0.1, 0.15) is 11.6 Å². The Morgan fingerprint density at radius 3 is 2.17 bits per heavy atom. The fourth-order valence-electron chi connectivity index (χ4n) is 6.98. The maximum atomic E-state index is 13.2. The third kappa shape index (κ3) is 9.15. The number of anilines is 1. The van der Waals surface area contributed by atoms with E-state index in [4.69, 9.17) is 18.9 Å². The van der Waals surface area contributed by atoms with Gasteiger partial charge in [-0.05, 0) is 61.0 Å². The Morgan fingerprint density at radius 1 is 0.833 bits per heavy atom. The van der Waals surface area contributed by atoms with Crippen LogP contribution in [-0.4, -0.2) is 126 Å². The lowest BCUT2D eigenvalue weighted by Crippen LogP contribution is -2.54. The van der Waals surface area contributed by atoms with Gasteiger partial charge >= 0.3 is 6.18 Å². The molecular formula is C40H41F3N8O9. The maximum absolute atomic E-state index is 13.2. The molecule has 316 valence electrons. The molecule has 2 aliphatic heterocycles. The summed E-state index contributed by atoms with van der Waals surface area (Å²) in [7, 11) is 1.64. The number of aromatic nitrogens is 4. The number of carbonyl (C=O) groups excluding carboxylic acids is 5. The molecule has 2 aromatic heterocycles. The fraction of sp³-hybridized carbons (Fsp3) is 0.375. The highest BCUT2D eigenvalue weighted by Gasteiger charge is 2.45. The number of aryl methyl sites for hydroxylation is 1. The lowest BCUT2D eigenvalue weighted by atomic mass is 10.0. The van der Waals surface area contributed by atoms with E-state index in [2.05, 4.69) is 26.1 Å². The molecule has 20 heteroatoms. The summed E-state index contributed by atoms with van der Waals surface area (Å²) in [4.78, 5) is 65.3. The van der Waals surface area contributed by atoms with Crippen LogP contribution in [0.4, 0.5) is 18.9 Å². The van der Waals surface area contributed by atoms with Gasteiger partial charge in [0.05, 0.1) is 75.1 Å². The van der Waals surface area contributed by atoms with Crippen molar-refractivity contribution in [1.82, 2.24) is 35.1 Å². The number of nitrogens with one attached hydrogen (secondary N) is 3. The number of hydrogen-bond acceptors (Lipinski definition) is 12. The highest BCUT2D eigenvalue weighted by atomic mass is 19.4. The third-order valence-electron chi connectivity index (χ3n) is 9.79. The van der Waals surface area contributed by atoms with Crippen molar-refractivity contribution in [2.45, 2.75) is 25.1 Å². The molecule has 0 spiro atoms. The molecule has 3 aromatic carbocycles. The number of amides is 5. The second-order valence-electron chi connectivity index (χ2n) is 13.8. The Balaban J connectivity index is 0.741. The zero-order valence-electron chi connectivity index (χ0n) is 32.4. The zero-order valence-corrected chi connectivity index (χ0v) is 32.4. The first-order chi connectivity index (χ1) is 28.9. The molecule has 5 aromatic rings. The Kier molecular flexibility index (Phi) is 12.8. The van der Waals surface area contributed by atoms with Crippen molar-refractivity contribution in [1.29, 1.82) is 0 Å². The van der Waals surface area contributed by atoms with Gasteiger partial charge in [0.2, 0.25) is 11.8 Å². The Hall–Kier alpha value is -6.22. The van der Waals surface area contributed by atoms with Crippen molar-refractivity contribution < 1.29 is 56.1 Å². The predicted octanol–water partition coefficient (Wildman–Crippen LogP) is 3.24. The molecule has 0 saturated carbocycles. The molecular weight excluding hydrogens is 793 g/mol. The van der Waals surface area contributed by atoms with Crippen molar-refractivity contribution in [2.24, 2.45) is 7.05 Å². The van der Waals surface area contributed by atoms with Gasteiger partial charge in [0.15, 0.2) is 5.65 Å². The van der Waals surface area contributed by atoms with Crippen molar-refractivity contribution in [2.75, 3.05) is 71.3 Å². The molecule has 1 saturated heterocycles. The minimum atomic E-state index is -4.46. The summed E-state index contributed by atoms with van der Waals surface area (Å²) < 4.78 is 63.4. The zero-order chi connectivity index (χ0) is 42.4. The molecule has 1 unspecified atom stereocenters. The number of rotatable bonds is 19. The average molecular weight is 835 g/mol. The molecule has 0 bridgehead atoms. The van der Waals surface area contributed by atoms with E-state index in [1.165, 1.54) is 23.0 Å². The van der Waals surface area contributed by atoms with Crippen molar-refractivity contribution in [3.8, 4) is 5.69 Å². The van der Waals surface area contributed by atoms with E-state index >= 15 is 0 Å². The van der Waals surface area contributed by atoms with Gasteiger partial charge in [-0.15, -0.1) is 5.10 Å². The normalized spacial score (nSPS) is 15.6.